The lowest BCUT2D eigenvalue weighted by Gasteiger charge is -2.07. The zero-order valence-electron chi connectivity index (χ0n) is 16.3. The maximum absolute atomic E-state index is 12.2. The predicted molar refractivity (Wildman–Crippen MR) is 119 cm³/mol. The van der Waals surface area contributed by atoms with Crippen LogP contribution >= 0.6 is 11.3 Å². The van der Waals surface area contributed by atoms with Crippen LogP contribution in [0.1, 0.15) is 26.5 Å². The average molecular weight is 417 g/mol. The van der Waals surface area contributed by atoms with Crippen LogP contribution in [0.25, 0.3) is 11.3 Å². The topological polar surface area (TPSA) is 79.4 Å². The summed E-state index contributed by atoms with van der Waals surface area (Å²) in [5.74, 6) is 0.426. The Morgan fingerprint density at radius 1 is 1.17 bits per heavy atom. The van der Waals surface area contributed by atoms with Gasteiger partial charge in [0.1, 0.15) is 18.1 Å². The molecule has 0 spiro atoms. The molecular formula is C23H20N4O2S. The molecule has 7 heteroatoms. The molecule has 4 aromatic rings. The van der Waals surface area contributed by atoms with Crippen LogP contribution in [-0.4, -0.2) is 22.3 Å². The Bertz CT molecular complexity index is 1130. The van der Waals surface area contributed by atoms with Crippen molar-refractivity contribution >= 4 is 23.5 Å². The number of aromatic amines is 1. The van der Waals surface area contributed by atoms with Gasteiger partial charge >= 0.3 is 0 Å². The molecule has 0 atom stereocenters. The lowest BCUT2D eigenvalue weighted by atomic mass is 10.1. The second-order valence-corrected chi connectivity index (χ2v) is 7.66. The van der Waals surface area contributed by atoms with Crippen molar-refractivity contribution in [2.24, 2.45) is 5.10 Å². The number of nitrogens with one attached hydrogen (secondary N) is 2. The van der Waals surface area contributed by atoms with Crippen molar-refractivity contribution in [2.45, 2.75) is 13.5 Å². The first-order valence-electron chi connectivity index (χ1n) is 9.38. The Morgan fingerprint density at radius 3 is 2.70 bits per heavy atom. The van der Waals surface area contributed by atoms with E-state index in [9.17, 15) is 4.79 Å². The van der Waals surface area contributed by atoms with Gasteiger partial charge in [-0.1, -0.05) is 35.9 Å². The summed E-state index contributed by atoms with van der Waals surface area (Å²) >= 11 is 1.54. The summed E-state index contributed by atoms with van der Waals surface area (Å²) in [6.07, 6.45) is 1.61. The van der Waals surface area contributed by atoms with Gasteiger partial charge in [0.05, 0.1) is 11.9 Å². The molecule has 4 rings (SSSR count). The number of hydrogen-bond donors (Lipinski definition) is 2. The van der Waals surface area contributed by atoms with Gasteiger partial charge in [0.25, 0.3) is 5.91 Å². The molecule has 2 aromatic heterocycles. The average Bonchev–Trinajstić information content (AvgIpc) is 3.46. The van der Waals surface area contributed by atoms with E-state index in [-0.39, 0.29) is 5.91 Å². The predicted octanol–water partition coefficient (Wildman–Crippen LogP) is 4.79. The molecule has 6 nitrogen and oxygen atoms in total. The number of H-pyrrole nitrogens is 1. The molecule has 0 aliphatic carbocycles. The van der Waals surface area contributed by atoms with E-state index in [1.807, 2.05) is 41.8 Å². The minimum atomic E-state index is -0.348. The van der Waals surface area contributed by atoms with E-state index in [0.29, 0.717) is 18.0 Å². The minimum Gasteiger partial charge on any atom is -0.489 e. The molecule has 0 radical (unpaired) electrons. The highest BCUT2D eigenvalue weighted by molar-refractivity contribution is 7.11. The van der Waals surface area contributed by atoms with Crippen molar-refractivity contribution in [3.63, 3.8) is 0 Å². The minimum absolute atomic E-state index is 0.341. The van der Waals surface area contributed by atoms with Crippen LogP contribution in [0.3, 0.4) is 0 Å². The molecule has 2 aromatic carbocycles. The summed E-state index contributed by atoms with van der Waals surface area (Å²) in [6, 6.07) is 21.4. The van der Waals surface area contributed by atoms with Crippen molar-refractivity contribution < 1.29 is 9.53 Å². The number of aryl methyl sites for hydroxylation is 1. The van der Waals surface area contributed by atoms with Crippen LogP contribution in [-0.2, 0) is 6.61 Å². The molecule has 0 aliphatic heterocycles. The molecule has 30 heavy (non-hydrogen) atoms. The number of rotatable bonds is 7. The monoisotopic (exact) mass is 416 g/mol. The van der Waals surface area contributed by atoms with E-state index in [0.717, 1.165) is 21.8 Å². The zero-order valence-corrected chi connectivity index (χ0v) is 17.1. The molecule has 0 fully saturated rings. The highest BCUT2D eigenvalue weighted by Gasteiger charge is 2.10. The number of benzene rings is 2. The van der Waals surface area contributed by atoms with Crippen LogP contribution in [0.2, 0.25) is 0 Å². The molecule has 0 saturated heterocycles. The number of carbonyl (C=O) groups is 1. The van der Waals surface area contributed by atoms with Gasteiger partial charge in [-0.15, -0.1) is 11.3 Å². The van der Waals surface area contributed by atoms with E-state index in [2.05, 4.69) is 51.9 Å². The van der Waals surface area contributed by atoms with Crippen molar-refractivity contribution in [1.29, 1.82) is 0 Å². The SMILES string of the molecule is Cc1ccc(COc2ccc(-c3cc(C(=O)NN=Cc4cccs4)[nH]n3)cc2)cc1. The van der Waals surface area contributed by atoms with E-state index in [1.54, 1.807) is 23.6 Å². The van der Waals surface area contributed by atoms with Crippen LogP contribution in [0.4, 0.5) is 0 Å². The summed E-state index contributed by atoms with van der Waals surface area (Å²) in [4.78, 5) is 13.2. The maximum Gasteiger partial charge on any atom is 0.289 e. The van der Waals surface area contributed by atoms with E-state index in [1.165, 1.54) is 5.56 Å². The molecule has 2 heterocycles. The molecule has 0 saturated carbocycles. The zero-order chi connectivity index (χ0) is 20.8. The van der Waals surface area contributed by atoms with Crippen molar-refractivity contribution in [2.75, 3.05) is 0 Å². The van der Waals surface area contributed by atoms with Crippen LogP contribution in [0.15, 0.2) is 77.2 Å². The lowest BCUT2D eigenvalue weighted by Crippen LogP contribution is -2.17. The van der Waals surface area contributed by atoms with E-state index >= 15 is 0 Å². The van der Waals surface area contributed by atoms with Gasteiger partial charge in [0, 0.05) is 10.4 Å². The molecule has 1 amide bonds. The maximum atomic E-state index is 12.2. The second-order valence-electron chi connectivity index (χ2n) is 6.68. The van der Waals surface area contributed by atoms with Crippen molar-refractivity contribution in [3.05, 3.63) is 93.8 Å². The molecule has 0 unspecified atom stereocenters. The first-order valence-corrected chi connectivity index (χ1v) is 10.3. The van der Waals surface area contributed by atoms with Crippen molar-refractivity contribution in [3.8, 4) is 17.0 Å². The standard InChI is InChI=1S/C23H20N4O2S/c1-16-4-6-17(7-5-16)15-29-19-10-8-18(9-11-19)21-13-22(26-25-21)23(28)27-24-14-20-3-2-12-30-20/h2-14H,15H2,1H3,(H,25,26)(H,27,28). The quantitative estimate of drug-likeness (QED) is 0.336. The Labute approximate surface area is 178 Å². The lowest BCUT2D eigenvalue weighted by molar-refractivity contribution is 0.0950. The van der Waals surface area contributed by atoms with Gasteiger partial charge in [-0.05, 0) is 54.3 Å². The summed E-state index contributed by atoms with van der Waals surface area (Å²) in [7, 11) is 0. The number of carbonyl (C=O) groups excluding carboxylic acids is 1. The van der Waals surface area contributed by atoms with Crippen molar-refractivity contribution in [1.82, 2.24) is 15.6 Å². The Hall–Kier alpha value is -3.71. The fraction of sp³-hybridized carbons (Fsp3) is 0.0870. The number of aromatic nitrogens is 2. The number of hydrogen-bond acceptors (Lipinski definition) is 5. The summed E-state index contributed by atoms with van der Waals surface area (Å²) in [6.45, 7) is 2.57. The van der Waals surface area contributed by atoms with Crippen LogP contribution < -0.4 is 10.2 Å². The molecule has 2 N–H and O–H groups in total. The van der Waals surface area contributed by atoms with Gasteiger partial charge in [-0.25, -0.2) is 5.43 Å². The third-order valence-corrected chi connectivity index (χ3v) is 5.21. The number of nitrogens with zero attached hydrogens (tertiary/aromatic N) is 2. The first kappa shape index (κ1) is 19.6. The van der Waals surface area contributed by atoms with Gasteiger partial charge in [0.2, 0.25) is 0 Å². The van der Waals surface area contributed by atoms with Gasteiger partial charge in [-0.3, -0.25) is 9.89 Å². The van der Waals surface area contributed by atoms with Gasteiger partial charge in [-0.2, -0.15) is 10.2 Å². The largest absolute Gasteiger partial charge is 0.489 e. The number of ether oxygens (including phenoxy) is 1. The fourth-order valence-electron chi connectivity index (χ4n) is 2.74. The Morgan fingerprint density at radius 2 is 1.97 bits per heavy atom. The fourth-order valence-corrected chi connectivity index (χ4v) is 3.32. The summed E-state index contributed by atoms with van der Waals surface area (Å²) < 4.78 is 5.83. The van der Waals surface area contributed by atoms with E-state index in [4.69, 9.17) is 4.74 Å². The molecule has 0 bridgehead atoms. The third-order valence-electron chi connectivity index (χ3n) is 4.40. The highest BCUT2D eigenvalue weighted by Crippen LogP contribution is 2.22. The summed E-state index contributed by atoms with van der Waals surface area (Å²) in [5, 5.41) is 12.9. The molecule has 0 aliphatic rings. The second kappa shape index (κ2) is 9.19. The number of amides is 1. The number of hydrazone groups is 1. The molecular weight excluding hydrogens is 396 g/mol. The Kier molecular flexibility index (Phi) is 6.01. The van der Waals surface area contributed by atoms with Crippen LogP contribution in [0.5, 0.6) is 5.75 Å². The Balaban J connectivity index is 1.34. The summed E-state index contributed by atoms with van der Waals surface area (Å²) in [5.41, 5.74) is 6.74. The van der Waals surface area contributed by atoms with Gasteiger partial charge < -0.3 is 4.74 Å². The third kappa shape index (κ3) is 5.01. The van der Waals surface area contributed by atoms with Gasteiger partial charge in [0.15, 0.2) is 0 Å². The normalized spacial score (nSPS) is 11.0. The first-order chi connectivity index (χ1) is 14.7. The highest BCUT2D eigenvalue weighted by atomic mass is 32.1. The number of thiophene rings is 1. The van der Waals surface area contributed by atoms with E-state index < -0.39 is 0 Å². The smallest absolute Gasteiger partial charge is 0.289 e. The van der Waals surface area contributed by atoms with Crippen LogP contribution in [0, 0.1) is 6.92 Å². The molecule has 150 valence electrons.